The van der Waals surface area contributed by atoms with Gasteiger partial charge in [0, 0.05) is 6.92 Å². The van der Waals surface area contributed by atoms with Gasteiger partial charge in [0.15, 0.2) is 0 Å². The van der Waals surface area contributed by atoms with Gasteiger partial charge in [0.05, 0.1) is 0 Å². The van der Waals surface area contributed by atoms with Crippen molar-refractivity contribution in [1.82, 2.24) is 10.6 Å². The van der Waals surface area contributed by atoms with Gasteiger partial charge in [-0.2, -0.15) is 8.78 Å². The quantitative estimate of drug-likeness (QED) is 0.572. The van der Waals surface area contributed by atoms with E-state index in [9.17, 15) is 18.4 Å². The third-order valence-corrected chi connectivity index (χ3v) is 1.27. The van der Waals surface area contributed by atoms with Crippen LogP contribution in [0.15, 0.2) is 4.99 Å². The number of guanidine groups is 1. The van der Waals surface area contributed by atoms with Gasteiger partial charge >= 0.3 is 5.92 Å². The molecular formula is C6H7F2N3O2. The molecule has 7 heteroatoms. The summed E-state index contributed by atoms with van der Waals surface area (Å²) in [6, 6.07) is 0. The fourth-order valence-electron chi connectivity index (χ4n) is 0.650. The maximum atomic E-state index is 12.3. The molecule has 2 amide bonds. The van der Waals surface area contributed by atoms with E-state index in [1.807, 2.05) is 0 Å². The zero-order chi connectivity index (χ0) is 10.1. The van der Waals surface area contributed by atoms with Gasteiger partial charge in [-0.15, -0.1) is 0 Å². The fraction of sp³-hybridized carbons (Fsp3) is 0.500. The highest BCUT2D eigenvalue weighted by Crippen LogP contribution is 2.10. The average molecular weight is 191 g/mol. The van der Waals surface area contributed by atoms with Crippen LogP contribution in [0.5, 0.6) is 0 Å². The summed E-state index contributed by atoms with van der Waals surface area (Å²) in [5, 5.41) is 3.88. The van der Waals surface area contributed by atoms with Crippen LogP contribution in [0.25, 0.3) is 0 Å². The Morgan fingerprint density at radius 2 is 2.31 bits per heavy atom. The molecule has 13 heavy (non-hydrogen) atoms. The molecule has 0 aliphatic carbocycles. The lowest BCUT2D eigenvalue weighted by Gasteiger charge is -2.09. The third-order valence-electron chi connectivity index (χ3n) is 1.27. The molecule has 5 nitrogen and oxygen atoms in total. The first-order chi connectivity index (χ1) is 5.89. The number of rotatable bonds is 1. The third kappa shape index (κ3) is 2.46. The summed E-state index contributed by atoms with van der Waals surface area (Å²) in [6.07, 6.45) is 0. The second-order valence-electron chi connectivity index (χ2n) is 2.56. The molecule has 1 heterocycles. The summed E-state index contributed by atoms with van der Waals surface area (Å²) in [7, 11) is 0. The molecule has 0 unspecified atom stereocenters. The zero-order valence-corrected chi connectivity index (χ0v) is 6.73. The lowest BCUT2D eigenvalue weighted by atomic mass is 10.4. The number of carbonyl (C=O) groups is 2. The molecule has 0 saturated heterocycles. The van der Waals surface area contributed by atoms with E-state index in [1.54, 1.807) is 5.32 Å². The minimum absolute atomic E-state index is 0.148. The van der Waals surface area contributed by atoms with Gasteiger partial charge in [0.2, 0.25) is 11.9 Å². The SMILES string of the molecule is CC(F)(F)C(=O)NC1=NCC(=O)N1. The Labute approximate surface area is 72.2 Å². The van der Waals surface area contributed by atoms with Crippen LogP contribution >= 0.6 is 0 Å². The van der Waals surface area contributed by atoms with Crippen molar-refractivity contribution in [1.29, 1.82) is 0 Å². The summed E-state index contributed by atoms with van der Waals surface area (Å²) in [5.74, 6) is -5.63. The van der Waals surface area contributed by atoms with E-state index < -0.39 is 17.7 Å². The summed E-state index contributed by atoms with van der Waals surface area (Å²) >= 11 is 0. The lowest BCUT2D eigenvalue weighted by Crippen LogP contribution is -2.46. The monoisotopic (exact) mass is 191 g/mol. The minimum Gasteiger partial charge on any atom is -0.295 e. The largest absolute Gasteiger partial charge is 0.322 e. The molecule has 0 aromatic heterocycles. The van der Waals surface area contributed by atoms with E-state index in [0.29, 0.717) is 6.92 Å². The summed E-state index contributed by atoms with van der Waals surface area (Å²) in [6.45, 7) is 0.310. The van der Waals surface area contributed by atoms with Crippen molar-refractivity contribution in [3.63, 3.8) is 0 Å². The number of aliphatic imine (C=N–C) groups is 1. The Kier molecular flexibility index (Phi) is 2.26. The number of carbonyl (C=O) groups excluding carboxylic acids is 2. The summed E-state index contributed by atoms with van der Waals surface area (Å²) in [5.41, 5.74) is 0. The number of nitrogens with one attached hydrogen (secondary N) is 2. The Bertz CT molecular complexity index is 282. The molecule has 0 atom stereocenters. The standard InChI is InChI=1S/C6H7F2N3O2/c1-6(7,8)4(13)11-5-9-2-3(12)10-5/h2H2,1H3,(H2,9,10,11,12,13). The maximum absolute atomic E-state index is 12.3. The van der Waals surface area contributed by atoms with Crippen molar-refractivity contribution in [2.75, 3.05) is 6.54 Å². The van der Waals surface area contributed by atoms with Crippen molar-refractivity contribution < 1.29 is 18.4 Å². The van der Waals surface area contributed by atoms with E-state index >= 15 is 0 Å². The van der Waals surface area contributed by atoms with Crippen molar-refractivity contribution in [2.24, 2.45) is 4.99 Å². The lowest BCUT2D eigenvalue weighted by molar-refractivity contribution is -0.141. The van der Waals surface area contributed by atoms with E-state index in [1.165, 1.54) is 0 Å². The van der Waals surface area contributed by atoms with Crippen molar-refractivity contribution >= 4 is 17.8 Å². The van der Waals surface area contributed by atoms with E-state index in [2.05, 4.69) is 10.3 Å². The topological polar surface area (TPSA) is 70.6 Å². The second-order valence-corrected chi connectivity index (χ2v) is 2.56. The van der Waals surface area contributed by atoms with Crippen LogP contribution in [0.2, 0.25) is 0 Å². The van der Waals surface area contributed by atoms with Crippen LogP contribution in [-0.2, 0) is 9.59 Å². The van der Waals surface area contributed by atoms with Crippen molar-refractivity contribution in [3.8, 4) is 0 Å². The van der Waals surface area contributed by atoms with Crippen molar-refractivity contribution in [2.45, 2.75) is 12.8 Å². The highest BCUT2D eigenvalue weighted by Gasteiger charge is 2.33. The molecule has 0 aromatic carbocycles. The second kappa shape index (κ2) is 3.08. The van der Waals surface area contributed by atoms with Crippen LogP contribution in [0.3, 0.4) is 0 Å². The van der Waals surface area contributed by atoms with Crippen LogP contribution < -0.4 is 10.6 Å². The molecule has 1 aliphatic rings. The molecule has 1 rings (SSSR count). The Morgan fingerprint density at radius 3 is 2.69 bits per heavy atom. The molecule has 0 bridgehead atoms. The van der Waals surface area contributed by atoms with Gasteiger partial charge in [-0.05, 0) is 0 Å². The van der Waals surface area contributed by atoms with Gasteiger partial charge in [-0.1, -0.05) is 0 Å². The molecular weight excluding hydrogens is 184 g/mol. The highest BCUT2D eigenvalue weighted by molar-refractivity contribution is 6.09. The Morgan fingerprint density at radius 1 is 1.69 bits per heavy atom. The first kappa shape index (κ1) is 9.56. The van der Waals surface area contributed by atoms with E-state index in [4.69, 9.17) is 0 Å². The number of halogens is 2. The predicted molar refractivity (Wildman–Crippen MR) is 39.2 cm³/mol. The maximum Gasteiger partial charge on any atom is 0.322 e. The molecule has 1 aliphatic heterocycles. The molecule has 0 spiro atoms. The van der Waals surface area contributed by atoms with Crippen LogP contribution in [0, 0.1) is 0 Å². The number of hydrogen-bond donors (Lipinski definition) is 2. The molecule has 0 fully saturated rings. The van der Waals surface area contributed by atoms with Gasteiger partial charge in [-0.25, -0.2) is 4.99 Å². The Hall–Kier alpha value is -1.53. The molecule has 0 radical (unpaired) electrons. The fourth-order valence-corrected chi connectivity index (χ4v) is 0.650. The Balaban J connectivity index is 2.51. The van der Waals surface area contributed by atoms with Gasteiger partial charge < -0.3 is 0 Å². The van der Waals surface area contributed by atoms with E-state index in [0.717, 1.165) is 0 Å². The number of nitrogens with zero attached hydrogens (tertiary/aromatic N) is 1. The molecule has 0 saturated carbocycles. The van der Waals surface area contributed by atoms with Gasteiger partial charge in [0.25, 0.3) is 5.91 Å². The number of amides is 2. The molecule has 72 valence electrons. The van der Waals surface area contributed by atoms with E-state index in [-0.39, 0.29) is 12.5 Å². The zero-order valence-electron chi connectivity index (χ0n) is 6.73. The smallest absolute Gasteiger partial charge is 0.295 e. The van der Waals surface area contributed by atoms with Crippen LogP contribution in [-0.4, -0.2) is 30.2 Å². The molecule has 2 N–H and O–H groups in total. The predicted octanol–water partition coefficient (Wildman–Crippen LogP) is -0.756. The average Bonchev–Trinajstić information content (AvgIpc) is 2.33. The van der Waals surface area contributed by atoms with Crippen molar-refractivity contribution in [3.05, 3.63) is 0 Å². The highest BCUT2D eigenvalue weighted by atomic mass is 19.3. The van der Waals surface area contributed by atoms with Crippen LogP contribution in [0.4, 0.5) is 8.78 Å². The van der Waals surface area contributed by atoms with Gasteiger partial charge in [-0.3, -0.25) is 20.2 Å². The number of hydrogen-bond acceptors (Lipinski definition) is 3. The molecule has 0 aromatic rings. The first-order valence-corrected chi connectivity index (χ1v) is 3.43. The summed E-state index contributed by atoms with van der Waals surface area (Å²) in [4.78, 5) is 24.6. The summed E-state index contributed by atoms with van der Waals surface area (Å²) < 4.78 is 24.6. The minimum atomic E-state index is -3.48. The number of alkyl halides is 2. The first-order valence-electron chi connectivity index (χ1n) is 3.43. The normalized spacial score (nSPS) is 16.5. The van der Waals surface area contributed by atoms with Crippen LogP contribution in [0.1, 0.15) is 6.92 Å². The van der Waals surface area contributed by atoms with Gasteiger partial charge in [0.1, 0.15) is 6.54 Å².